The number of hydrogen-bond donors (Lipinski definition) is 2. The molecule has 0 radical (unpaired) electrons. The minimum Gasteiger partial charge on any atom is -0.492 e. The summed E-state index contributed by atoms with van der Waals surface area (Å²) in [6.07, 6.45) is 1.05. The molecule has 0 saturated carbocycles. The molecule has 3 aromatic carbocycles. The number of aryl methyl sites for hydroxylation is 1. The molecule has 1 fully saturated rings. The zero-order chi connectivity index (χ0) is 30.6. The number of carbonyl (C=O) groups excluding carboxylic acids is 1. The monoisotopic (exact) mass is 583 g/mol. The molecular formula is C35H45N5O3. The van der Waals surface area contributed by atoms with Gasteiger partial charge >= 0.3 is 6.03 Å². The summed E-state index contributed by atoms with van der Waals surface area (Å²) in [5, 5.41) is 13.0. The minimum absolute atomic E-state index is 0.184. The van der Waals surface area contributed by atoms with Crippen LogP contribution in [0.3, 0.4) is 0 Å². The zero-order valence-corrected chi connectivity index (χ0v) is 26.4. The topological polar surface area (TPSA) is 80.7 Å². The fourth-order valence-electron chi connectivity index (χ4n) is 5.43. The van der Waals surface area contributed by atoms with Crippen molar-refractivity contribution in [3.63, 3.8) is 0 Å². The highest BCUT2D eigenvalue weighted by atomic mass is 16.5. The molecule has 0 aliphatic carbocycles. The van der Waals surface area contributed by atoms with Gasteiger partial charge in [0.05, 0.1) is 30.3 Å². The molecule has 1 unspecified atom stereocenters. The van der Waals surface area contributed by atoms with E-state index in [1.807, 2.05) is 47.1 Å². The number of hydrogen-bond acceptors (Lipinski definition) is 5. The third-order valence-electron chi connectivity index (χ3n) is 8.27. The smallest absolute Gasteiger partial charge is 0.324 e. The highest BCUT2D eigenvalue weighted by molar-refractivity contribution is 6.07. The van der Waals surface area contributed by atoms with Gasteiger partial charge in [0, 0.05) is 41.9 Å². The second kappa shape index (κ2) is 13.2. The number of benzene rings is 3. The maximum Gasteiger partial charge on any atom is 0.324 e. The van der Waals surface area contributed by atoms with Gasteiger partial charge in [-0.2, -0.15) is 5.10 Å². The fraction of sp³-hybridized carbons (Fsp3) is 0.429. The predicted octanol–water partition coefficient (Wildman–Crippen LogP) is 7.50. The van der Waals surface area contributed by atoms with Crippen LogP contribution in [-0.4, -0.2) is 60.2 Å². The van der Waals surface area contributed by atoms with Crippen molar-refractivity contribution in [2.24, 2.45) is 0 Å². The molecule has 1 aliphatic rings. The van der Waals surface area contributed by atoms with Crippen LogP contribution in [0, 0.1) is 6.92 Å². The zero-order valence-electron chi connectivity index (χ0n) is 26.4. The minimum atomic E-state index is -0.331. The fourth-order valence-corrected chi connectivity index (χ4v) is 5.43. The van der Waals surface area contributed by atoms with Gasteiger partial charge in [-0.15, -0.1) is 0 Å². The number of rotatable bonds is 9. The Morgan fingerprint density at radius 3 is 2.49 bits per heavy atom. The molecule has 8 heteroatoms. The third-order valence-corrected chi connectivity index (χ3v) is 8.27. The maximum atomic E-state index is 13.5. The summed E-state index contributed by atoms with van der Waals surface area (Å²) in [6, 6.07) is 19.9. The number of nitrogens with zero attached hydrogens (tertiary/aromatic N) is 3. The van der Waals surface area contributed by atoms with Gasteiger partial charge in [-0.3, -0.25) is 10.2 Å². The highest BCUT2D eigenvalue weighted by Crippen LogP contribution is 2.33. The Labute approximate surface area is 255 Å². The van der Waals surface area contributed by atoms with E-state index in [1.165, 1.54) is 11.1 Å². The van der Waals surface area contributed by atoms with E-state index in [-0.39, 0.29) is 11.4 Å². The molecule has 1 aliphatic heterocycles. The van der Waals surface area contributed by atoms with Gasteiger partial charge in [-0.25, -0.2) is 9.48 Å². The average molecular weight is 584 g/mol. The normalized spacial score (nSPS) is 14.9. The van der Waals surface area contributed by atoms with E-state index in [0.29, 0.717) is 24.0 Å². The summed E-state index contributed by atoms with van der Waals surface area (Å²) in [5.41, 5.74) is 4.91. The van der Waals surface area contributed by atoms with Gasteiger partial charge in [-0.05, 0) is 54.7 Å². The van der Waals surface area contributed by atoms with Crippen LogP contribution < -0.4 is 15.4 Å². The van der Waals surface area contributed by atoms with Crippen LogP contribution in [0.4, 0.5) is 16.3 Å². The molecule has 4 aromatic rings. The Kier molecular flexibility index (Phi) is 9.37. The van der Waals surface area contributed by atoms with E-state index in [1.54, 1.807) is 0 Å². The van der Waals surface area contributed by atoms with E-state index in [4.69, 9.17) is 14.6 Å². The number of amides is 2. The van der Waals surface area contributed by atoms with E-state index in [0.717, 1.165) is 67.2 Å². The van der Waals surface area contributed by atoms with Crippen molar-refractivity contribution < 1.29 is 14.3 Å². The first-order chi connectivity index (χ1) is 20.6. The lowest BCUT2D eigenvalue weighted by Crippen LogP contribution is -2.38. The molecule has 2 amide bonds. The summed E-state index contributed by atoms with van der Waals surface area (Å²) in [5.74, 6) is 1.85. The molecule has 1 aromatic heterocycles. The Bertz CT molecular complexity index is 1570. The van der Waals surface area contributed by atoms with Crippen molar-refractivity contribution in [2.75, 3.05) is 50.1 Å². The van der Waals surface area contributed by atoms with Gasteiger partial charge in [0.1, 0.15) is 18.2 Å². The molecule has 1 atom stereocenters. The lowest BCUT2D eigenvalue weighted by Gasteiger charge is -2.26. The third kappa shape index (κ3) is 7.20. The van der Waals surface area contributed by atoms with Crippen molar-refractivity contribution in [3.8, 4) is 11.4 Å². The number of fused-ring (bicyclic) bond motifs is 1. The Morgan fingerprint density at radius 1 is 1.02 bits per heavy atom. The predicted molar refractivity (Wildman–Crippen MR) is 175 cm³/mol. The van der Waals surface area contributed by atoms with Crippen LogP contribution in [0.2, 0.25) is 0 Å². The number of anilines is 2. The van der Waals surface area contributed by atoms with Crippen molar-refractivity contribution in [1.29, 1.82) is 0 Å². The molecule has 228 valence electrons. The van der Waals surface area contributed by atoms with E-state index in [9.17, 15) is 4.79 Å². The van der Waals surface area contributed by atoms with Crippen LogP contribution in [0.1, 0.15) is 63.8 Å². The van der Waals surface area contributed by atoms with Crippen LogP contribution in [0.15, 0.2) is 60.7 Å². The van der Waals surface area contributed by atoms with Crippen LogP contribution in [0.25, 0.3) is 16.5 Å². The average Bonchev–Trinajstić information content (AvgIpc) is 3.43. The molecule has 43 heavy (non-hydrogen) atoms. The molecule has 0 spiro atoms. The number of carbonyl (C=O) groups is 1. The SMILES string of the molecule is CCC(C)c1cc(-n2nc(C(C)(C)C)cc2NC(=O)Nc2ccc(OCCN3CCOCC3)c3ccccc23)ccc1C. The van der Waals surface area contributed by atoms with Gasteiger partial charge in [0.25, 0.3) is 0 Å². The summed E-state index contributed by atoms with van der Waals surface area (Å²) >= 11 is 0. The summed E-state index contributed by atoms with van der Waals surface area (Å²) in [4.78, 5) is 15.8. The van der Waals surface area contributed by atoms with E-state index in [2.05, 4.69) is 75.3 Å². The number of urea groups is 1. The highest BCUT2D eigenvalue weighted by Gasteiger charge is 2.22. The van der Waals surface area contributed by atoms with Crippen molar-refractivity contribution in [3.05, 3.63) is 77.5 Å². The first-order valence-corrected chi connectivity index (χ1v) is 15.4. The second-order valence-corrected chi connectivity index (χ2v) is 12.5. The van der Waals surface area contributed by atoms with Crippen LogP contribution in [0.5, 0.6) is 5.75 Å². The number of morpholine rings is 1. The van der Waals surface area contributed by atoms with Crippen molar-refractivity contribution in [1.82, 2.24) is 14.7 Å². The van der Waals surface area contributed by atoms with Crippen molar-refractivity contribution >= 4 is 28.3 Å². The molecule has 2 N–H and O–H groups in total. The lowest BCUT2D eigenvalue weighted by molar-refractivity contribution is 0.0323. The first kappa shape index (κ1) is 30.6. The van der Waals surface area contributed by atoms with Gasteiger partial charge in [0.15, 0.2) is 0 Å². The lowest BCUT2D eigenvalue weighted by atomic mass is 9.92. The molecule has 1 saturated heterocycles. The van der Waals surface area contributed by atoms with Gasteiger partial charge in [-0.1, -0.05) is 65.0 Å². The van der Waals surface area contributed by atoms with Crippen LogP contribution in [-0.2, 0) is 10.2 Å². The van der Waals surface area contributed by atoms with Gasteiger partial charge in [0.2, 0.25) is 0 Å². The quantitative estimate of drug-likeness (QED) is 0.213. The summed E-state index contributed by atoms with van der Waals surface area (Å²) < 4.78 is 13.5. The van der Waals surface area contributed by atoms with E-state index < -0.39 is 0 Å². The molecule has 2 heterocycles. The maximum absolute atomic E-state index is 13.5. The van der Waals surface area contributed by atoms with Crippen molar-refractivity contribution in [2.45, 2.75) is 59.3 Å². The molecule has 0 bridgehead atoms. The largest absolute Gasteiger partial charge is 0.492 e. The second-order valence-electron chi connectivity index (χ2n) is 12.5. The van der Waals surface area contributed by atoms with Gasteiger partial charge < -0.3 is 14.8 Å². The molecular weight excluding hydrogens is 538 g/mol. The number of nitrogens with one attached hydrogen (secondary N) is 2. The van der Waals surface area contributed by atoms with Crippen LogP contribution >= 0.6 is 0 Å². The molecule has 5 rings (SSSR count). The Hall–Kier alpha value is -3.88. The summed E-state index contributed by atoms with van der Waals surface area (Å²) in [6.45, 7) is 17.8. The first-order valence-electron chi connectivity index (χ1n) is 15.4. The summed E-state index contributed by atoms with van der Waals surface area (Å²) in [7, 11) is 0. The Morgan fingerprint density at radius 2 is 1.77 bits per heavy atom. The Balaban J connectivity index is 1.37. The molecule has 8 nitrogen and oxygen atoms in total. The number of ether oxygens (including phenoxy) is 2. The van der Waals surface area contributed by atoms with E-state index >= 15 is 0 Å². The number of aromatic nitrogens is 2. The standard InChI is InChI=1S/C35H45N5O3/c1-7-24(2)29-22-26(13-12-25(29)3)40-33(23-32(38-40)35(4,5)6)37-34(41)36-30-14-15-31(28-11-9-8-10-27(28)30)43-21-18-39-16-19-42-20-17-39/h8-15,22-24H,7,16-21H2,1-6H3,(H2,36,37,41).